The normalized spacial score (nSPS) is 18.8. The SMILES string of the molecule is O=C1CCC(C(=O)NCCN2C(=O)SC(=Cc3cccnc3)C2=O)=NN1. The van der Waals surface area contributed by atoms with Crippen LogP contribution in [0.15, 0.2) is 34.5 Å². The summed E-state index contributed by atoms with van der Waals surface area (Å²) in [6, 6.07) is 3.52. The van der Waals surface area contributed by atoms with E-state index in [1.54, 1.807) is 30.6 Å². The molecule has 4 amide bonds. The summed E-state index contributed by atoms with van der Waals surface area (Å²) in [5.41, 5.74) is 3.18. The average molecular weight is 373 g/mol. The van der Waals surface area contributed by atoms with Gasteiger partial charge in [-0.3, -0.25) is 29.1 Å². The number of hydrogen-bond acceptors (Lipinski definition) is 7. The van der Waals surface area contributed by atoms with Gasteiger partial charge in [-0.2, -0.15) is 5.10 Å². The number of carbonyl (C=O) groups excluding carboxylic acids is 4. The second-order valence-electron chi connectivity index (χ2n) is 5.47. The Morgan fingerprint density at radius 2 is 2.19 bits per heavy atom. The van der Waals surface area contributed by atoms with E-state index in [2.05, 4.69) is 20.8 Å². The Morgan fingerprint density at radius 3 is 2.88 bits per heavy atom. The van der Waals surface area contributed by atoms with Gasteiger partial charge in [0.25, 0.3) is 17.1 Å². The van der Waals surface area contributed by atoms with Crippen molar-refractivity contribution in [1.82, 2.24) is 20.6 Å². The molecule has 10 heteroatoms. The van der Waals surface area contributed by atoms with E-state index in [0.717, 1.165) is 22.2 Å². The smallest absolute Gasteiger partial charge is 0.293 e. The maximum absolute atomic E-state index is 12.3. The number of thioether (sulfide) groups is 1. The van der Waals surface area contributed by atoms with Gasteiger partial charge < -0.3 is 5.32 Å². The summed E-state index contributed by atoms with van der Waals surface area (Å²) in [6.07, 6.45) is 5.28. The molecule has 2 aliphatic rings. The van der Waals surface area contributed by atoms with Gasteiger partial charge in [0.15, 0.2) is 0 Å². The van der Waals surface area contributed by atoms with E-state index in [-0.39, 0.29) is 42.8 Å². The molecule has 1 fully saturated rings. The number of pyridine rings is 1. The first kappa shape index (κ1) is 17.8. The molecule has 1 aromatic rings. The molecule has 0 bridgehead atoms. The van der Waals surface area contributed by atoms with E-state index in [4.69, 9.17) is 0 Å². The Kier molecular flexibility index (Phi) is 5.42. The Balaban J connectivity index is 1.54. The second kappa shape index (κ2) is 7.91. The Labute approximate surface area is 152 Å². The predicted octanol–water partition coefficient (Wildman–Crippen LogP) is 0.500. The number of hydrazone groups is 1. The minimum absolute atomic E-state index is 0.0560. The van der Waals surface area contributed by atoms with E-state index in [0.29, 0.717) is 4.91 Å². The summed E-state index contributed by atoms with van der Waals surface area (Å²) in [5, 5.41) is 5.89. The van der Waals surface area contributed by atoms with Crippen LogP contribution in [0.4, 0.5) is 4.79 Å². The molecule has 1 aromatic heterocycles. The average Bonchev–Trinajstić information content (AvgIpc) is 2.90. The van der Waals surface area contributed by atoms with Gasteiger partial charge in [0.1, 0.15) is 5.71 Å². The lowest BCUT2D eigenvalue weighted by molar-refractivity contribution is -0.123. The van der Waals surface area contributed by atoms with Crippen molar-refractivity contribution in [3.8, 4) is 0 Å². The summed E-state index contributed by atoms with van der Waals surface area (Å²) >= 11 is 0.851. The van der Waals surface area contributed by atoms with E-state index in [9.17, 15) is 19.2 Å². The van der Waals surface area contributed by atoms with Crippen molar-refractivity contribution < 1.29 is 19.2 Å². The zero-order valence-electron chi connectivity index (χ0n) is 13.6. The third-order valence-electron chi connectivity index (χ3n) is 3.64. The molecule has 0 saturated carbocycles. The van der Waals surface area contributed by atoms with Crippen LogP contribution in [0.3, 0.4) is 0 Å². The van der Waals surface area contributed by atoms with Crippen LogP contribution in [0.1, 0.15) is 18.4 Å². The first-order valence-electron chi connectivity index (χ1n) is 7.83. The second-order valence-corrected chi connectivity index (χ2v) is 6.46. The molecule has 3 heterocycles. The van der Waals surface area contributed by atoms with Crippen LogP contribution in [0.5, 0.6) is 0 Å². The summed E-state index contributed by atoms with van der Waals surface area (Å²) < 4.78 is 0. The van der Waals surface area contributed by atoms with Gasteiger partial charge in [0.05, 0.1) is 4.91 Å². The monoisotopic (exact) mass is 373 g/mol. The van der Waals surface area contributed by atoms with Crippen LogP contribution in [-0.2, 0) is 14.4 Å². The zero-order valence-corrected chi connectivity index (χ0v) is 14.4. The number of hydrogen-bond donors (Lipinski definition) is 2. The summed E-state index contributed by atoms with van der Waals surface area (Å²) in [5.74, 6) is -1.07. The number of aromatic nitrogens is 1. The molecule has 0 aliphatic carbocycles. The van der Waals surface area contributed by atoms with E-state index < -0.39 is 11.8 Å². The van der Waals surface area contributed by atoms with Crippen LogP contribution in [0.2, 0.25) is 0 Å². The van der Waals surface area contributed by atoms with Crippen molar-refractivity contribution in [2.75, 3.05) is 13.1 Å². The molecule has 3 rings (SSSR count). The number of amides is 4. The molecule has 0 aromatic carbocycles. The maximum atomic E-state index is 12.3. The van der Waals surface area contributed by atoms with Gasteiger partial charge in [-0.15, -0.1) is 0 Å². The lowest BCUT2D eigenvalue weighted by Crippen LogP contribution is -2.41. The lowest BCUT2D eigenvalue weighted by Gasteiger charge is -2.14. The molecule has 0 spiro atoms. The molecule has 2 N–H and O–H groups in total. The Morgan fingerprint density at radius 1 is 1.35 bits per heavy atom. The van der Waals surface area contributed by atoms with Crippen LogP contribution in [0, 0.1) is 0 Å². The fraction of sp³-hybridized carbons (Fsp3) is 0.250. The van der Waals surface area contributed by atoms with Gasteiger partial charge in [-0.05, 0) is 29.5 Å². The van der Waals surface area contributed by atoms with Gasteiger partial charge >= 0.3 is 0 Å². The van der Waals surface area contributed by atoms with Crippen molar-refractivity contribution >= 4 is 46.5 Å². The molecule has 2 aliphatic heterocycles. The predicted molar refractivity (Wildman–Crippen MR) is 94.7 cm³/mol. The highest BCUT2D eigenvalue weighted by Crippen LogP contribution is 2.31. The highest BCUT2D eigenvalue weighted by Gasteiger charge is 2.34. The summed E-state index contributed by atoms with van der Waals surface area (Å²) in [6.45, 7) is 0.157. The van der Waals surface area contributed by atoms with Crippen molar-refractivity contribution in [2.24, 2.45) is 5.10 Å². The van der Waals surface area contributed by atoms with Crippen molar-refractivity contribution in [3.05, 3.63) is 35.0 Å². The van der Waals surface area contributed by atoms with Crippen molar-refractivity contribution in [3.63, 3.8) is 0 Å². The molecular weight excluding hydrogens is 358 g/mol. The van der Waals surface area contributed by atoms with Gasteiger partial charge in [-0.1, -0.05) is 6.07 Å². The fourth-order valence-corrected chi connectivity index (χ4v) is 3.19. The number of nitrogens with one attached hydrogen (secondary N) is 2. The topological polar surface area (TPSA) is 121 Å². The van der Waals surface area contributed by atoms with Crippen LogP contribution in [-0.4, -0.2) is 51.6 Å². The molecular formula is C16H15N5O4S. The first-order valence-corrected chi connectivity index (χ1v) is 8.65. The molecule has 9 nitrogen and oxygen atoms in total. The minimum Gasteiger partial charge on any atom is -0.349 e. The quantitative estimate of drug-likeness (QED) is 0.725. The molecule has 0 atom stereocenters. The Hall–Kier alpha value is -3.01. The minimum atomic E-state index is -0.428. The van der Waals surface area contributed by atoms with Crippen molar-refractivity contribution in [1.29, 1.82) is 0 Å². The fourth-order valence-electron chi connectivity index (χ4n) is 2.33. The summed E-state index contributed by atoms with van der Waals surface area (Å²) in [4.78, 5) is 52.7. The molecule has 1 saturated heterocycles. The maximum Gasteiger partial charge on any atom is 0.293 e. The zero-order chi connectivity index (χ0) is 18.5. The Bertz CT molecular complexity index is 821. The number of carbonyl (C=O) groups is 4. The number of rotatable bonds is 5. The standard InChI is InChI=1S/C16H15N5O4S/c22-13-4-3-11(19-20-13)14(23)18-6-7-21-15(24)12(26-16(21)25)8-10-2-1-5-17-9-10/h1-2,5,8-9H,3-4,6-7H2,(H,18,23)(H,20,22). The number of nitrogens with zero attached hydrogens (tertiary/aromatic N) is 3. The highest BCUT2D eigenvalue weighted by atomic mass is 32.2. The molecule has 134 valence electrons. The van der Waals surface area contributed by atoms with Crippen LogP contribution in [0.25, 0.3) is 6.08 Å². The van der Waals surface area contributed by atoms with E-state index in [1.165, 1.54) is 0 Å². The van der Waals surface area contributed by atoms with Crippen LogP contribution < -0.4 is 10.7 Å². The van der Waals surface area contributed by atoms with E-state index in [1.807, 2.05) is 0 Å². The van der Waals surface area contributed by atoms with E-state index >= 15 is 0 Å². The van der Waals surface area contributed by atoms with Gasteiger partial charge in [0, 0.05) is 38.3 Å². The van der Waals surface area contributed by atoms with Crippen molar-refractivity contribution in [2.45, 2.75) is 12.8 Å². The third kappa shape index (κ3) is 4.14. The highest BCUT2D eigenvalue weighted by molar-refractivity contribution is 8.18. The lowest BCUT2D eigenvalue weighted by atomic mass is 10.1. The molecule has 0 radical (unpaired) electrons. The first-order chi connectivity index (χ1) is 12.5. The largest absolute Gasteiger partial charge is 0.349 e. The van der Waals surface area contributed by atoms with Gasteiger partial charge in [0.2, 0.25) is 5.91 Å². The molecule has 0 unspecified atom stereocenters. The molecule has 26 heavy (non-hydrogen) atoms. The van der Waals surface area contributed by atoms with Gasteiger partial charge in [-0.25, -0.2) is 5.43 Å². The summed E-state index contributed by atoms with van der Waals surface area (Å²) in [7, 11) is 0. The number of imide groups is 1. The van der Waals surface area contributed by atoms with Crippen LogP contribution >= 0.6 is 11.8 Å². The third-order valence-corrected chi connectivity index (χ3v) is 4.55.